The summed E-state index contributed by atoms with van der Waals surface area (Å²) in [4.78, 5) is 16.3. The Morgan fingerprint density at radius 3 is 3.05 bits per heavy atom. The largest absolute Gasteiger partial charge is 0.381 e. The van der Waals surface area contributed by atoms with Gasteiger partial charge < -0.3 is 15.4 Å². The molecule has 1 aliphatic heterocycles. The van der Waals surface area contributed by atoms with Gasteiger partial charge in [-0.2, -0.15) is 0 Å². The van der Waals surface area contributed by atoms with Gasteiger partial charge in [0.15, 0.2) is 0 Å². The minimum atomic E-state index is -0.113. The summed E-state index contributed by atoms with van der Waals surface area (Å²) in [7, 11) is 0. The average molecular weight is 312 g/mol. The summed E-state index contributed by atoms with van der Waals surface area (Å²) >= 11 is 5.96. The predicted octanol–water partition coefficient (Wildman–Crippen LogP) is 2.71. The molecule has 0 spiro atoms. The summed E-state index contributed by atoms with van der Waals surface area (Å²) in [5, 5.41) is 6.39. The fraction of sp³-hybridized carbons (Fsp3) is 0.600. The van der Waals surface area contributed by atoms with Gasteiger partial charge in [-0.1, -0.05) is 18.5 Å². The van der Waals surface area contributed by atoms with Crippen LogP contribution in [-0.4, -0.2) is 37.2 Å². The minimum Gasteiger partial charge on any atom is -0.381 e. The van der Waals surface area contributed by atoms with E-state index in [2.05, 4.69) is 22.5 Å². The number of ether oxygens (including phenoxy) is 1. The monoisotopic (exact) mass is 311 g/mol. The summed E-state index contributed by atoms with van der Waals surface area (Å²) in [6.07, 6.45) is 3.02. The lowest BCUT2D eigenvalue weighted by Gasteiger charge is -2.10. The minimum absolute atomic E-state index is 0.113. The van der Waals surface area contributed by atoms with Crippen LogP contribution in [0.15, 0.2) is 12.1 Å². The third-order valence-corrected chi connectivity index (χ3v) is 3.67. The Balaban J connectivity index is 1.86. The van der Waals surface area contributed by atoms with E-state index in [1.165, 1.54) is 0 Å². The number of amides is 1. The number of rotatable bonds is 7. The van der Waals surface area contributed by atoms with Crippen molar-refractivity contribution in [3.05, 3.63) is 22.8 Å². The average Bonchev–Trinajstić information content (AvgIpc) is 2.97. The van der Waals surface area contributed by atoms with E-state index in [4.69, 9.17) is 16.3 Å². The van der Waals surface area contributed by atoms with Crippen LogP contribution in [0, 0.1) is 5.92 Å². The van der Waals surface area contributed by atoms with E-state index in [0.717, 1.165) is 39.0 Å². The van der Waals surface area contributed by atoms with E-state index in [1.807, 2.05) is 0 Å². The van der Waals surface area contributed by atoms with Crippen LogP contribution in [0.2, 0.25) is 5.15 Å². The molecule has 0 saturated carbocycles. The molecule has 1 aliphatic rings. The van der Waals surface area contributed by atoms with E-state index in [9.17, 15) is 4.79 Å². The second-order valence-corrected chi connectivity index (χ2v) is 5.65. The number of nitrogens with one attached hydrogen (secondary N) is 2. The molecule has 6 heteroatoms. The molecule has 1 fully saturated rings. The van der Waals surface area contributed by atoms with Crippen molar-refractivity contribution in [3.63, 3.8) is 0 Å². The fourth-order valence-electron chi connectivity index (χ4n) is 2.27. The Kier molecular flexibility index (Phi) is 6.26. The molecule has 1 aromatic rings. The summed E-state index contributed by atoms with van der Waals surface area (Å²) in [5.41, 5.74) is 0.538. The molecule has 1 atom stereocenters. The molecule has 0 bridgehead atoms. The Bertz CT molecular complexity index is 476. The van der Waals surface area contributed by atoms with Crippen molar-refractivity contribution < 1.29 is 9.53 Å². The van der Waals surface area contributed by atoms with Crippen molar-refractivity contribution in [1.82, 2.24) is 10.3 Å². The number of pyridine rings is 1. The smallest absolute Gasteiger partial charge is 0.251 e. The molecule has 116 valence electrons. The van der Waals surface area contributed by atoms with Crippen LogP contribution in [0.4, 0.5) is 5.82 Å². The van der Waals surface area contributed by atoms with Gasteiger partial charge in [-0.05, 0) is 37.3 Å². The van der Waals surface area contributed by atoms with E-state index in [1.54, 1.807) is 12.1 Å². The second kappa shape index (κ2) is 8.20. The first-order chi connectivity index (χ1) is 10.2. The van der Waals surface area contributed by atoms with Crippen LogP contribution in [-0.2, 0) is 4.74 Å². The highest BCUT2D eigenvalue weighted by Gasteiger charge is 2.16. The van der Waals surface area contributed by atoms with Gasteiger partial charge in [-0.15, -0.1) is 0 Å². The van der Waals surface area contributed by atoms with E-state index >= 15 is 0 Å². The number of nitrogens with zero attached hydrogens (tertiary/aromatic N) is 1. The van der Waals surface area contributed by atoms with Gasteiger partial charge >= 0.3 is 0 Å². The molecule has 1 saturated heterocycles. The van der Waals surface area contributed by atoms with Crippen LogP contribution in [0.25, 0.3) is 0 Å². The number of hydrogen-bond acceptors (Lipinski definition) is 4. The van der Waals surface area contributed by atoms with Crippen molar-refractivity contribution in [3.8, 4) is 0 Å². The molecule has 1 aromatic heterocycles. The lowest BCUT2D eigenvalue weighted by Crippen LogP contribution is -2.26. The summed E-state index contributed by atoms with van der Waals surface area (Å²) in [5.74, 6) is 1.09. The Morgan fingerprint density at radius 1 is 1.48 bits per heavy atom. The highest BCUT2D eigenvalue weighted by Crippen LogP contribution is 2.16. The van der Waals surface area contributed by atoms with E-state index in [-0.39, 0.29) is 5.91 Å². The van der Waals surface area contributed by atoms with Gasteiger partial charge in [0, 0.05) is 31.9 Å². The number of hydrogen-bond donors (Lipinski definition) is 2. The van der Waals surface area contributed by atoms with Gasteiger partial charge in [0.25, 0.3) is 5.91 Å². The van der Waals surface area contributed by atoms with Gasteiger partial charge in [-0.3, -0.25) is 4.79 Å². The van der Waals surface area contributed by atoms with Crippen molar-refractivity contribution in [1.29, 1.82) is 0 Å². The van der Waals surface area contributed by atoms with Gasteiger partial charge in [0.05, 0.1) is 0 Å². The number of carbonyl (C=O) groups excluding carboxylic acids is 1. The molecule has 2 rings (SSSR count). The number of carbonyl (C=O) groups is 1. The summed E-state index contributed by atoms with van der Waals surface area (Å²) in [6, 6.07) is 3.32. The predicted molar refractivity (Wildman–Crippen MR) is 83.9 cm³/mol. The first-order valence-electron chi connectivity index (χ1n) is 7.46. The molecular formula is C15H22ClN3O2. The molecule has 2 N–H and O–H groups in total. The zero-order valence-electron chi connectivity index (χ0n) is 12.3. The molecular weight excluding hydrogens is 290 g/mol. The maximum atomic E-state index is 12.1. The third kappa shape index (κ3) is 5.17. The van der Waals surface area contributed by atoms with Crippen LogP contribution in [0.1, 0.15) is 36.5 Å². The molecule has 21 heavy (non-hydrogen) atoms. The van der Waals surface area contributed by atoms with Crippen molar-refractivity contribution in [2.24, 2.45) is 5.92 Å². The first-order valence-corrected chi connectivity index (χ1v) is 7.84. The van der Waals surface area contributed by atoms with Gasteiger partial charge in [0.2, 0.25) is 0 Å². The Labute approximate surface area is 130 Å². The standard InChI is InChI=1S/C15H22ClN3O2/c1-2-5-17-14-9-12(8-13(16)19-14)15(20)18-6-3-11-4-7-21-10-11/h8-9,11H,2-7,10H2,1H3,(H,17,19)(H,18,20). The fourth-order valence-corrected chi connectivity index (χ4v) is 2.48. The van der Waals surface area contributed by atoms with Crippen molar-refractivity contribution in [2.45, 2.75) is 26.2 Å². The quantitative estimate of drug-likeness (QED) is 0.760. The number of anilines is 1. The number of halogens is 1. The first kappa shape index (κ1) is 16.0. The van der Waals surface area contributed by atoms with E-state index < -0.39 is 0 Å². The Hall–Kier alpha value is -1.33. The molecule has 0 radical (unpaired) electrons. The topological polar surface area (TPSA) is 63.2 Å². The van der Waals surface area contributed by atoms with Crippen LogP contribution in [0.3, 0.4) is 0 Å². The maximum absolute atomic E-state index is 12.1. The molecule has 1 amide bonds. The summed E-state index contributed by atoms with van der Waals surface area (Å²) < 4.78 is 5.32. The SMILES string of the molecule is CCCNc1cc(C(=O)NCCC2CCOC2)cc(Cl)n1. The molecule has 2 heterocycles. The zero-order valence-corrected chi connectivity index (χ0v) is 13.1. The van der Waals surface area contributed by atoms with Gasteiger partial charge in [-0.25, -0.2) is 4.98 Å². The van der Waals surface area contributed by atoms with Crippen molar-refractivity contribution >= 4 is 23.3 Å². The zero-order chi connectivity index (χ0) is 15.1. The highest BCUT2D eigenvalue weighted by molar-refractivity contribution is 6.29. The van der Waals surface area contributed by atoms with Crippen LogP contribution in [0.5, 0.6) is 0 Å². The normalized spacial score (nSPS) is 17.7. The van der Waals surface area contributed by atoms with Crippen LogP contribution < -0.4 is 10.6 Å². The molecule has 0 aliphatic carbocycles. The second-order valence-electron chi connectivity index (χ2n) is 5.26. The highest BCUT2D eigenvalue weighted by atomic mass is 35.5. The van der Waals surface area contributed by atoms with E-state index in [0.29, 0.717) is 29.0 Å². The molecule has 5 nitrogen and oxygen atoms in total. The Morgan fingerprint density at radius 2 is 2.33 bits per heavy atom. The third-order valence-electron chi connectivity index (χ3n) is 3.47. The lowest BCUT2D eigenvalue weighted by atomic mass is 10.1. The maximum Gasteiger partial charge on any atom is 0.251 e. The lowest BCUT2D eigenvalue weighted by molar-refractivity contribution is 0.0950. The molecule has 0 aromatic carbocycles. The molecule has 1 unspecified atom stereocenters. The summed E-state index contributed by atoms with van der Waals surface area (Å²) in [6.45, 7) is 5.17. The number of aromatic nitrogens is 1. The van der Waals surface area contributed by atoms with Crippen molar-refractivity contribution in [2.75, 3.05) is 31.6 Å². The van der Waals surface area contributed by atoms with Gasteiger partial charge in [0.1, 0.15) is 11.0 Å². The van der Waals surface area contributed by atoms with Crippen LogP contribution >= 0.6 is 11.6 Å².